The molecule has 12 heavy (non-hydrogen) atoms. The zero-order chi connectivity index (χ0) is 8.77. The molecule has 1 nitrogen and oxygen atoms in total. The van der Waals surface area contributed by atoms with Crippen LogP contribution in [0.15, 0.2) is 0 Å². The molecule has 1 heterocycles. The monoisotopic (exact) mass is 167 g/mol. The van der Waals surface area contributed by atoms with E-state index in [9.17, 15) is 0 Å². The Morgan fingerprint density at radius 1 is 1.42 bits per heavy atom. The lowest BCUT2D eigenvalue weighted by Gasteiger charge is -2.31. The molecule has 1 heteroatoms. The quantitative estimate of drug-likeness (QED) is 0.611. The van der Waals surface area contributed by atoms with Crippen LogP contribution in [0.5, 0.6) is 0 Å². The fourth-order valence-electron chi connectivity index (χ4n) is 2.44. The summed E-state index contributed by atoms with van der Waals surface area (Å²) >= 11 is 0. The molecule has 0 aromatic carbocycles. The zero-order valence-corrected chi connectivity index (χ0v) is 8.64. The van der Waals surface area contributed by atoms with Gasteiger partial charge in [-0.15, -0.1) is 0 Å². The number of likely N-dealkylation sites (tertiary alicyclic amines) is 1. The van der Waals surface area contributed by atoms with E-state index in [-0.39, 0.29) is 0 Å². The summed E-state index contributed by atoms with van der Waals surface area (Å²) in [4.78, 5) is 2.70. The predicted molar refractivity (Wildman–Crippen MR) is 52.2 cm³/mol. The summed E-state index contributed by atoms with van der Waals surface area (Å²) in [5.74, 6) is 2.05. The first-order chi connectivity index (χ1) is 5.59. The minimum atomic E-state index is 0.502. The van der Waals surface area contributed by atoms with Crippen molar-refractivity contribution in [3.8, 4) is 0 Å². The lowest BCUT2D eigenvalue weighted by atomic mass is 10.0. The Morgan fingerprint density at radius 3 is 2.50 bits per heavy atom. The maximum Gasteiger partial charge on any atom is 0.0153 e. The van der Waals surface area contributed by atoms with Crippen molar-refractivity contribution in [1.82, 2.24) is 4.90 Å². The maximum absolute atomic E-state index is 2.70. The fourth-order valence-corrected chi connectivity index (χ4v) is 2.44. The first-order valence-electron chi connectivity index (χ1n) is 5.35. The molecule has 2 rings (SSSR count). The molecule has 0 amide bonds. The van der Waals surface area contributed by atoms with Crippen LogP contribution in [0, 0.1) is 11.8 Å². The first kappa shape index (κ1) is 8.55. The Morgan fingerprint density at radius 2 is 2.08 bits per heavy atom. The minimum absolute atomic E-state index is 0.502. The molecular weight excluding hydrogens is 146 g/mol. The fraction of sp³-hybridized carbons (Fsp3) is 1.00. The van der Waals surface area contributed by atoms with Crippen molar-refractivity contribution in [1.29, 1.82) is 0 Å². The smallest absolute Gasteiger partial charge is 0.0153 e. The second-order valence-corrected chi connectivity index (χ2v) is 5.34. The topological polar surface area (TPSA) is 3.24 Å². The molecule has 2 atom stereocenters. The van der Waals surface area contributed by atoms with Crippen LogP contribution in [-0.4, -0.2) is 23.5 Å². The summed E-state index contributed by atoms with van der Waals surface area (Å²) in [6, 6.07) is 0. The normalized spacial score (nSPS) is 40.2. The first-order valence-corrected chi connectivity index (χ1v) is 5.35. The number of nitrogens with zero attached hydrogens (tertiary/aromatic N) is 1. The summed E-state index contributed by atoms with van der Waals surface area (Å²) < 4.78 is 0. The van der Waals surface area contributed by atoms with Gasteiger partial charge in [0.2, 0.25) is 0 Å². The lowest BCUT2D eigenvalue weighted by Crippen LogP contribution is -2.39. The van der Waals surface area contributed by atoms with Crippen LogP contribution in [0.1, 0.15) is 40.0 Å². The van der Waals surface area contributed by atoms with Crippen LogP contribution in [0.25, 0.3) is 0 Å². The van der Waals surface area contributed by atoms with E-state index < -0.39 is 0 Å². The Hall–Kier alpha value is -0.0400. The predicted octanol–water partition coefficient (Wildman–Crippen LogP) is 2.52. The summed E-state index contributed by atoms with van der Waals surface area (Å²) in [5.41, 5.74) is 0.502. The minimum Gasteiger partial charge on any atom is -0.298 e. The molecule has 2 fully saturated rings. The van der Waals surface area contributed by atoms with Gasteiger partial charge in [-0.05, 0) is 51.5 Å². The molecule has 0 radical (unpaired) electrons. The molecule has 1 aliphatic carbocycles. The molecule has 0 spiro atoms. The van der Waals surface area contributed by atoms with Crippen LogP contribution in [0.4, 0.5) is 0 Å². The molecule has 70 valence electrons. The lowest BCUT2D eigenvalue weighted by molar-refractivity contribution is 0.165. The van der Waals surface area contributed by atoms with Crippen molar-refractivity contribution in [3.05, 3.63) is 0 Å². The number of hydrogen-bond donors (Lipinski definition) is 0. The van der Waals surface area contributed by atoms with Gasteiger partial charge in [-0.25, -0.2) is 0 Å². The summed E-state index contributed by atoms with van der Waals surface area (Å²) in [6.07, 6.45) is 4.29. The SMILES string of the molecule is CC1CC1CN1CCCC1(C)C. The molecule has 2 aliphatic rings. The average molecular weight is 167 g/mol. The average Bonchev–Trinajstić information content (AvgIpc) is 2.53. The molecule has 0 aromatic rings. The third-order valence-electron chi connectivity index (χ3n) is 3.80. The molecule has 0 bridgehead atoms. The van der Waals surface area contributed by atoms with Gasteiger partial charge in [-0.1, -0.05) is 6.92 Å². The summed E-state index contributed by atoms with van der Waals surface area (Å²) in [6.45, 7) is 9.89. The van der Waals surface area contributed by atoms with Crippen LogP contribution in [0.2, 0.25) is 0 Å². The van der Waals surface area contributed by atoms with Crippen molar-refractivity contribution in [3.63, 3.8) is 0 Å². The van der Waals surface area contributed by atoms with Crippen molar-refractivity contribution >= 4 is 0 Å². The molecule has 0 aromatic heterocycles. The van der Waals surface area contributed by atoms with E-state index in [1.54, 1.807) is 0 Å². The Labute approximate surface area is 76.1 Å². The van der Waals surface area contributed by atoms with Gasteiger partial charge in [0.1, 0.15) is 0 Å². The van der Waals surface area contributed by atoms with Crippen molar-refractivity contribution < 1.29 is 0 Å². The molecule has 1 saturated heterocycles. The van der Waals surface area contributed by atoms with Gasteiger partial charge < -0.3 is 0 Å². The number of rotatable bonds is 2. The Balaban J connectivity index is 1.87. The van der Waals surface area contributed by atoms with E-state index in [0.29, 0.717) is 5.54 Å². The third-order valence-corrected chi connectivity index (χ3v) is 3.80. The van der Waals surface area contributed by atoms with Gasteiger partial charge >= 0.3 is 0 Å². The molecular formula is C11H21N. The van der Waals surface area contributed by atoms with Crippen LogP contribution >= 0.6 is 0 Å². The highest BCUT2D eigenvalue weighted by Gasteiger charge is 2.39. The van der Waals surface area contributed by atoms with Crippen LogP contribution < -0.4 is 0 Å². The van der Waals surface area contributed by atoms with Crippen LogP contribution in [-0.2, 0) is 0 Å². The van der Waals surface area contributed by atoms with E-state index in [4.69, 9.17) is 0 Å². The highest BCUT2D eigenvalue weighted by molar-refractivity contribution is 4.93. The summed E-state index contributed by atoms with van der Waals surface area (Å²) in [5, 5.41) is 0. The van der Waals surface area contributed by atoms with E-state index in [2.05, 4.69) is 25.7 Å². The largest absolute Gasteiger partial charge is 0.298 e. The Bertz CT molecular complexity index is 174. The van der Waals surface area contributed by atoms with Crippen LogP contribution in [0.3, 0.4) is 0 Å². The second-order valence-electron chi connectivity index (χ2n) is 5.34. The van der Waals surface area contributed by atoms with Crippen molar-refractivity contribution in [2.24, 2.45) is 11.8 Å². The van der Waals surface area contributed by atoms with E-state index in [0.717, 1.165) is 11.8 Å². The van der Waals surface area contributed by atoms with Gasteiger partial charge in [0.25, 0.3) is 0 Å². The summed E-state index contributed by atoms with van der Waals surface area (Å²) in [7, 11) is 0. The number of hydrogen-bond acceptors (Lipinski definition) is 1. The molecule has 0 N–H and O–H groups in total. The molecule has 1 saturated carbocycles. The van der Waals surface area contributed by atoms with Gasteiger partial charge in [-0.3, -0.25) is 4.90 Å². The van der Waals surface area contributed by atoms with Gasteiger partial charge in [0, 0.05) is 12.1 Å². The van der Waals surface area contributed by atoms with Gasteiger partial charge in [-0.2, -0.15) is 0 Å². The van der Waals surface area contributed by atoms with Crippen molar-refractivity contribution in [2.45, 2.75) is 45.6 Å². The maximum atomic E-state index is 2.70. The Kier molecular flexibility index (Phi) is 1.95. The molecule has 1 aliphatic heterocycles. The highest BCUT2D eigenvalue weighted by Crippen LogP contribution is 2.41. The third kappa shape index (κ3) is 1.52. The van der Waals surface area contributed by atoms with Gasteiger partial charge in [0.15, 0.2) is 0 Å². The second kappa shape index (κ2) is 2.73. The standard InChI is InChI=1S/C11H21N/c1-9-7-10(9)8-12-6-4-5-11(12,2)3/h9-10H,4-8H2,1-3H3. The van der Waals surface area contributed by atoms with E-state index in [1.807, 2.05) is 0 Å². The highest BCUT2D eigenvalue weighted by atomic mass is 15.2. The van der Waals surface area contributed by atoms with Gasteiger partial charge in [0.05, 0.1) is 0 Å². The zero-order valence-electron chi connectivity index (χ0n) is 8.64. The van der Waals surface area contributed by atoms with Crippen molar-refractivity contribution in [2.75, 3.05) is 13.1 Å². The molecule has 2 unspecified atom stereocenters. The van der Waals surface area contributed by atoms with E-state index >= 15 is 0 Å². The van der Waals surface area contributed by atoms with E-state index in [1.165, 1.54) is 32.4 Å².